The zero-order valence-corrected chi connectivity index (χ0v) is 12.0. The molecule has 1 saturated carbocycles. The van der Waals surface area contributed by atoms with Gasteiger partial charge >= 0.3 is 0 Å². The van der Waals surface area contributed by atoms with Gasteiger partial charge in [0.05, 0.1) is 11.7 Å². The molecule has 0 radical (unpaired) electrons. The Kier molecular flexibility index (Phi) is 4.18. The van der Waals surface area contributed by atoms with Crippen molar-refractivity contribution in [1.82, 2.24) is 20.0 Å². The van der Waals surface area contributed by atoms with Crippen molar-refractivity contribution in [3.63, 3.8) is 0 Å². The van der Waals surface area contributed by atoms with Crippen LogP contribution >= 0.6 is 0 Å². The van der Waals surface area contributed by atoms with E-state index in [1.165, 1.54) is 44.3 Å². The van der Waals surface area contributed by atoms with Crippen LogP contribution in [0.15, 0.2) is 12.3 Å². The van der Waals surface area contributed by atoms with Gasteiger partial charge in [0.25, 0.3) is 0 Å². The van der Waals surface area contributed by atoms with Crippen molar-refractivity contribution in [1.29, 1.82) is 0 Å². The molecule has 1 N–H and O–H groups in total. The average molecular weight is 262 g/mol. The van der Waals surface area contributed by atoms with E-state index in [0.29, 0.717) is 12.1 Å². The second-order valence-electron chi connectivity index (χ2n) is 6.17. The molecule has 106 valence electrons. The van der Waals surface area contributed by atoms with Crippen molar-refractivity contribution in [3.8, 4) is 0 Å². The predicted octanol–water partition coefficient (Wildman–Crippen LogP) is 2.18. The van der Waals surface area contributed by atoms with Crippen LogP contribution in [0.4, 0.5) is 0 Å². The monoisotopic (exact) mass is 262 g/mol. The van der Waals surface area contributed by atoms with E-state index in [9.17, 15) is 0 Å². The third-order valence-corrected chi connectivity index (χ3v) is 4.42. The Morgan fingerprint density at radius 1 is 1.32 bits per heavy atom. The molecule has 1 unspecified atom stereocenters. The smallest absolute Gasteiger partial charge is 0.0764 e. The van der Waals surface area contributed by atoms with Crippen molar-refractivity contribution >= 4 is 0 Å². The fraction of sp³-hybridized carbons (Fsp3) is 0.800. The van der Waals surface area contributed by atoms with Gasteiger partial charge in [0, 0.05) is 25.3 Å². The number of hydrogen-bond acceptors (Lipinski definition) is 3. The molecule has 1 aromatic rings. The van der Waals surface area contributed by atoms with Crippen molar-refractivity contribution in [2.75, 3.05) is 19.6 Å². The van der Waals surface area contributed by atoms with E-state index in [1.54, 1.807) is 0 Å². The molecule has 0 amide bonds. The van der Waals surface area contributed by atoms with Crippen molar-refractivity contribution < 1.29 is 0 Å². The summed E-state index contributed by atoms with van der Waals surface area (Å²) in [6, 6.07) is 3.47. The van der Waals surface area contributed by atoms with Gasteiger partial charge in [0.2, 0.25) is 0 Å². The number of rotatable bonds is 3. The van der Waals surface area contributed by atoms with Gasteiger partial charge < -0.3 is 5.32 Å². The van der Waals surface area contributed by atoms with Gasteiger partial charge in [-0.2, -0.15) is 5.10 Å². The maximum atomic E-state index is 4.80. The molecule has 4 nitrogen and oxygen atoms in total. The summed E-state index contributed by atoms with van der Waals surface area (Å²) in [5, 5.41) is 8.34. The lowest BCUT2D eigenvalue weighted by Crippen LogP contribution is -2.35. The van der Waals surface area contributed by atoms with Gasteiger partial charge in [0.1, 0.15) is 0 Å². The Morgan fingerprint density at radius 2 is 2.16 bits per heavy atom. The molecule has 1 aliphatic carbocycles. The highest BCUT2D eigenvalue weighted by Crippen LogP contribution is 2.28. The Balaban J connectivity index is 1.59. The van der Waals surface area contributed by atoms with E-state index in [0.717, 1.165) is 19.6 Å². The van der Waals surface area contributed by atoms with Gasteiger partial charge in [-0.15, -0.1) is 0 Å². The first-order valence-electron chi connectivity index (χ1n) is 7.81. The highest BCUT2D eigenvalue weighted by atomic mass is 15.3. The van der Waals surface area contributed by atoms with E-state index >= 15 is 0 Å². The fourth-order valence-electron chi connectivity index (χ4n) is 3.40. The van der Waals surface area contributed by atoms with Crippen molar-refractivity contribution in [2.45, 2.75) is 57.7 Å². The SMILES string of the molecule is CC1CN(Cc2ccn(C3CCCC3)n2)CCCN1. The summed E-state index contributed by atoms with van der Waals surface area (Å²) in [6.45, 7) is 6.75. The lowest BCUT2D eigenvalue weighted by molar-refractivity contribution is 0.260. The number of hydrogen-bond donors (Lipinski definition) is 1. The van der Waals surface area contributed by atoms with Crippen LogP contribution in [0.1, 0.15) is 50.8 Å². The minimum Gasteiger partial charge on any atom is -0.313 e. The molecule has 1 atom stereocenters. The molecular weight excluding hydrogens is 236 g/mol. The Labute approximate surface area is 116 Å². The molecule has 1 aromatic heterocycles. The highest BCUT2D eigenvalue weighted by Gasteiger charge is 2.19. The lowest BCUT2D eigenvalue weighted by atomic mass is 10.3. The molecule has 0 aromatic carbocycles. The van der Waals surface area contributed by atoms with Crippen LogP contribution in [-0.4, -0.2) is 40.4 Å². The molecule has 0 spiro atoms. The summed E-state index contributed by atoms with van der Waals surface area (Å²) >= 11 is 0. The molecular formula is C15H26N4. The number of nitrogens with zero attached hydrogens (tertiary/aromatic N) is 3. The molecule has 1 saturated heterocycles. The first-order chi connectivity index (χ1) is 9.31. The lowest BCUT2D eigenvalue weighted by Gasteiger charge is -2.21. The van der Waals surface area contributed by atoms with Crippen molar-refractivity contribution in [2.24, 2.45) is 0 Å². The normalized spacial score (nSPS) is 26.7. The van der Waals surface area contributed by atoms with E-state index in [1.807, 2.05) is 0 Å². The number of aromatic nitrogens is 2. The quantitative estimate of drug-likeness (QED) is 0.906. The van der Waals surface area contributed by atoms with E-state index < -0.39 is 0 Å². The largest absolute Gasteiger partial charge is 0.313 e. The second-order valence-corrected chi connectivity index (χ2v) is 6.17. The van der Waals surface area contributed by atoms with Crippen LogP contribution in [0.2, 0.25) is 0 Å². The maximum Gasteiger partial charge on any atom is 0.0764 e. The Morgan fingerprint density at radius 3 is 3.00 bits per heavy atom. The predicted molar refractivity (Wildman–Crippen MR) is 77.1 cm³/mol. The minimum absolute atomic E-state index is 0.597. The summed E-state index contributed by atoms with van der Waals surface area (Å²) in [6.07, 6.45) is 8.79. The zero-order valence-electron chi connectivity index (χ0n) is 12.0. The number of nitrogens with one attached hydrogen (secondary N) is 1. The van der Waals surface area contributed by atoms with Crippen LogP contribution in [0.25, 0.3) is 0 Å². The van der Waals surface area contributed by atoms with Gasteiger partial charge in [-0.25, -0.2) is 0 Å². The average Bonchev–Trinajstić information content (AvgIpc) is 3.01. The molecule has 2 aliphatic rings. The molecule has 4 heteroatoms. The first kappa shape index (κ1) is 13.1. The van der Waals surface area contributed by atoms with Crippen LogP contribution in [0, 0.1) is 0 Å². The topological polar surface area (TPSA) is 33.1 Å². The molecule has 1 aliphatic heterocycles. The summed E-state index contributed by atoms with van der Waals surface area (Å²) in [5.74, 6) is 0. The van der Waals surface area contributed by atoms with Gasteiger partial charge in [-0.05, 0) is 45.3 Å². The zero-order chi connectivity index (χ0) is 13.1. The fourth-order valence-corrected chi connectivity index (χ4v) is 3.40. The first-order valence-corrected chi connectivity index (χ1v) is 7.81. The Hall–Kier alpha value is -0.870. The van der Waals surface area contributed by atoms with Crippen LogP contribution < -0.4 is 5.32 Å². The Bertz CT molecular complexity index is 395. The third-order valence-electron chi connectivity index (χ3n) is 4.42. The summed E-state index contributed by atoms with van der Waals surface area (Å²) in [7, 11) is 0. The minimum atomic E-state index is 0.597. The van der Waals surface area contributed by atoms with Gasteiger partial charge in [0.15, 0.2) is 0 Å². The van der Waals surface area contributed by atoms with E-state index in [-0.39, 0.29) is 0 Å². The maximum absolute atomic E-state index is 4.80. The molecule has 2 heterocycles. The van der Waals surface area contributed by atoms with Crippen LogP contribution in [0.5, 0.6) is 0 Å². The molecule has 0 bridgehead atoms. The summed E-state index contributed by atoms with van der Waals surface area (Å²) < 4.78 is 2.21. The summed E-state index contributed by atoms with van der Waals surface area (Å²) in [5.41, 5.74) is 1.24. The molecule has 3 rings (SSSR count). The third kappa shape index (κ3) is 3.37. The summed E-state index contributed by atoms with van der Waals surface area (Å²) in [4.78, 5) is 2.53. The molecule has 19 heavy (non-hydrogen) atoms. The molecule has 2 fully saturated rings. The highest BCUT2D eigenvalue weighted by molar-refractivity contribution is 5.00. The van der Waals surface area contributed by atoms with Gasteiger partial charge in [-0.3, -0.25) is 9.58 Å². The van der Waals surface area contributed by atoms with Crippen molar-refractivity contribution in [3.05, 3.63) is 18.0 Å². The van der Waals surface area contributed by atoms with E-state index in [4.69, 9.17) is 5.10 Å². The van der Waals surface area contributed by atoms with E-state index in [2.05, 4.69) is 34.1 Å². The second kappa shape index (κ2) is 6.06. The van der Waals surface area contributed by atoms with Crippen LogP contribution in [-0.2, 0) is 6.54 Å². The van der Waals surface area contributed by atoms with Gasteiger partial charge in [-0.1, -0.05) is 12.8 Å². The van der Waals surface area contributed by atoms with Crippen LogP contribution in [0.3, 0.4) is 0 Å². The standard InChI is InChI=1S/C15H26N4/c1-13-11-18(9-4-8-16-13)12-14-7-10-19(17-14)15-5-2-3-6-15/h7,10,13,15-16H,2-6,8-9,11-12H2,1H3.